The summed E-state index contributed by atoms with van der Waals surface area (Å²) in [7, 11) is -3.44. The molecular formula is C26H30N4O4S. The molecule has 1 amide bonds. The molecule has 0 aliphatic carbocycles. The number of nitrogens with one attached hydrogen (secondary N) is 3. The number of amides is 1. The number of aryl methyl sites for hydroxylation is 1. The lowest BCUT2D eigenvalue weighted by Crippen LogP contribution is -2.37. The lowest BCUT2D eigenvalue weighted by molar-refractivity contribution is 0.0985. The second-order valence-corrected chi connectivity index (χ2v) is 12.1. The van der Waals surface area contributed by atoms with Gasteiger partial charge in [0.15, 0.2) is 21.2 Å². The van der Waals surface area contributed by atoms with Crippen LogP contribution in [0.4, 0.5) is 11.6 Å². The SMILES string of the molecule is Cc1cc([C@@H](C)Nc2cccc3c2[S@](=N)(=O)NC3=O)c2oc(N3CCC(C)(C)CC3)cc(=O)c2c1. The number of nitrogens with zero attached hydrogens (tertiary/aromatic N) is 1. The van der Waals surface area contributed by atoms with Crippen LogP contribution < -0.4 is 20.4 Å². The highest BCUT2D eigenvalue weighted by Gasteiger charge is 2.33. The van der Waals surface area contributed by atoms with Crippen LogP contribution in [0.5, 0.6) is 0 Å². The van der Waals surface area contributed by atoms with E-state index in [1.54, 1.807) is 24.3 Å². The Morgan fingerprint density at radius 3 is 2.60 bits per heavy atom. The van der Waals surface area contributed by atoms with Crippen LogP contribution in [-0.4, -0.2) is 23.2 Å². The molecule has 0 saturated carbocycles. The van der Waals surface area contributed by atoms with Crippen LogP contribution >= 0.6 is 0 Å². The van der Waals surface area contributed by atoms with Crippen molar-refractivity contribution < 1.29 is 13.4 Å². The summed E-state index contributed by atoms with van der Waals surface area (Å²) in [6.07, 6.45) is 2.04. The van der Waals surface area contributed by atoms with Gasteiger partial charge in [-0.25, -0.2) is 8.99 Å². The van der Waals surface area contributed by atoms with Crippen LogP contribution in [-0.2, 0) is 9.92 Å². The monoisotopic (exact) mass is 494 g/mol. The third-order valence-electron chi connectivity index (χ3n) is 7.04. The molecule has 3 aromatic rings. The lowest BCUT2D eigenvalue weighted by atomic mass is 9.83. The van der Waals surface area contributed by atoms with Gasteiger partial charge in [0.1, 0.15) is 10.5 Å². The molecular weight excluding hydrogens is 464 g/mol. The van der Waals surface area contributed by atoms with E-state index in [0.29, 0.717) is 22.5 Å². The quantitative estimate of drug-likeness (QED) is 0.472. The van der Waals surface area contributed by atoms with Gasteiger partial charge < -0.3 is 14.6 Å². The van der Waals surface area contributed by atoms with Gasteiger partial charge in [-0.1, -0.05) is 26.0 Å². The van der Waals surface area contributed by atoms with Crippen LogP contribution in [0.25, 0.3) is 11.0 Å². The fourth-order valence-corrected chi connectivity index (χ4v) is 6.30. The van der Waals surface area contributed by atoms with Crippen molar-refractivity contribution in [2.24, 2.45) is 5.41 Å². The minimum atomic E-state index is -3.44. The summed E-state index contributed by atoms with van der Waals surface area (Å²) >= 11 is 0. The van der Waals surface area contributed by atoms with Crippen molar-refractivity contribution in [1.29, 1.82) is 4.78 Å². The number of hydrogen-bond donors (Lipinski definition) is 3. The number of carbonyl (C=O) groups excluding carboxylic acids is 1. The Labute approximate surface area is 204 Å². The number of benzene rings is 2. The minimum Gasteiger partial charge on any atom is -0.440 e. The first-order valence-electron chi connectivity index (χ1n) is 11.8. The van der Waals surface area contributed by atoms with Gasteiger partial charge in [0.05, 0.1) is 22.7 Å². The molecule has 1 aromatic heterocycles. The highest BCUT2D eigenvalue weighted by Crippen LogP contribution is 2.36. The Morgan fingerprint density at radius 2 is 1.89 bits per heavy atom. The maximum atomic E-state index is 13.1. The van der Waals surface area contributed by atoms with E-state index in [-0.39, 0.29) is 27.3 Å². The fourth-order valence-electron chi connectivity index (χ4n) is 4.92. The summed E-state index contributed by atoms with van der Waals surface area (Å²) in [6.45, 7) is 10.0. The average Bonchev–Trinajstić information content (AvgIpc) is 3.02. The van der Waals surface area contributed by atoms with Gasteiger partial charge in [0.25, 0.3) is 5.91 Å². The predicted octanol–water partition coefficient (Wildman–Crippen LogP) is 4.96. The summed E-state index contributed by atoms with van der Waals surface area (Å²) < 4.78 is 29.5. The third-order valence-corrected chi connectivity index (χ3v) is 8.53. The Balaban J connectivity index is 1.57. The number of hydrogen-bond acceptors (Lipinski definition) is 7. The molecule has 8 nitrogen and oxygen atoms in total. The van der Waals surface area contributed by atoms with Crippen molar-refractivity contribution in [3.05, 3.63) is 63.3 Å². The fraction of sp³-hybridized carbons (Fsp3) is 0.385. The molecule has 9 heteroatoms. The van der Waals surface area contributed by atoms with E-state index in [4.69, 9.17) is 9.20 Å². The van der Waals surface area contributed by atoms with Crippen LogP contribution in [0.15, 0.2) is 50.5 Å². The maximum absolute atomic E-state index is 13.1. The number of piperidine rings is 1. The molecule has 0 radical (unpaired) electrons. The largest absolute Gasteiger partial charge is 0.440 e. The Morgan fingerprint density at radius 1 is 1.17 bits per heavy atom. The predicted molar refractivity (Wildman–Crippen MR) is 138 cm³/mol. The topological polar surface area (TPSA) is 116 Å². The molecule has 5 rings (SSSR count). The maximum Gasteiger partial charge on any atom is 0.265 e. The highest BCUT2D eigenvalue weighted by molar-refractivity contribution is 7.91. The van der Waals surface area contributed by atoms with E-state index in [0.717, 1.165) is 37.1 Å². The first-order valence-corrected chi connectivity index (χ1v) is 13.3. The van der Waals surface area contributed by atoms with Gasteiger partial charge in [-0.15, -0.1) is 0 Å². The van der Waals surface area contributed by atoms with Crippen molar-refractivity contribution in [3.63, 3.8) is 0 Å². The highest BCUT2D eigenvalue weighted by atomic mass is 32.2. The van der Waals surface area contributed by atoms with Gasteiger partial charge in [-0.05, 0) is 55.9 Å². The van der Waals surface area contributed by atoms with Gasteiger partial charge in [-0.2, -0.15) is 0 Å². The number of anilines is 2. The molecule has 2 aliphatic rings. The zero-order chi connectivity index (χ0) is 25.1. The zero-order valence-corrected chi connectivity index (χ0v) is 21.2. The zero-order valence-electron chi connectivity index (χ0n) is 20.4. The van der Waals surface area contributed by atoms with Gasteiger partial charge in [-0.3, -0.25) is 14.3 Å². The standard InChI is InChI=1S/C26H30N4O4S/c1-15-12-18(16(2)28-20-7-5-6-17-24(20)35(27,33)29-25(17)32)23-19(13-15)21(31)14-22(34-23)30-10-8-26(3,4)9-11-30/h5-7,12-14,16,28H,8-11H2,1-4H3,(H2,27,29,32,33)/t16-,35-/m1/s1. The molecule has 2 aromatic carbocycles. The molecule has 3 heterocycles. The Bertz CT molecular complexity index is 1510. The normalized spacial score (nSPS) is 22.1. The molecule has 184 valence electrons. The van der Waals surface area contributed by atoms with E-state index in [1.807, 2.05) is 26.0 Å². The second-order valence-electron chi connectivity index (χ2n) is 10.4. The third kappa shape index (κ3) is 4.18. The van der Waals surface area contributed by atoms with E-state index < -0.39 is 15.8 Å². The molecule has 35 heavy (non-hydrogen) atoms. The first kappa shape index (κ1) is 23.4. The molecule has 0 spiro atoms. The summed E-state index contributed by atoms with van der Waals surface area (Å²) in [5, 5.41) is 3.82. The minimum absolute atomic E-state index is 0.0900. The number of rotatable bonds is 4. The molecule has 2 aliphatic heterocycles. The second kappa shape index (κ2) is 8.12. The lowest BCUT2D eigenvalue weighted by Gasteiger charge is -2.37. The van der Waals surface area contributed by atoms with Crippen molar-refractivity contribution in [2.75, 3.05) is 23.3 Å². The van der Waals surface area contributed by atoms with E-state index in [2.05, 4.69) is 28.8 Å². The molecule has 0 unspecified atom stereocenters. The van der Waals surface area contributed by atoms with E-state index in [1.165, 1.54) is 0 Å². The van der Waals surface area contributed by atoms with Gasteiger partial charge in [0, 0.05) is 24.7 Å². The molecule has 1 fully saturated rings. The summed E-state index contributed by atoms with van der Waals surface area (Å²) in [5.74, 6) is 0.0533. The van der Waals surface area contributed by atoms with Crippen LogP contribution in [0.2, 0.25) is 0 Å². The van der Waals surface area contributed by atoms with Crippen molar-refractivity contribution in [1.82, 2.24) is 4.72 Å². The van der Waals surface area contributed by atoms with Crippen molar-refractivity contribution in [3.8, 4) is 0 Å². The summed E-state index contributed by atoms with van der Waals surface area (Å²) in [4.78, 5) is 27.6. The van der Waals surface area contributed by atoms with Crippen LogP contribution in [0.3, 0.4) is 0 Å². The summed E-state index contributed by atoms with van der Waals surface area (Å²) in [6, 6.07) is 10.00. The van der Waals surface area contributed by atoms with Crippen molar-refractivity contribution in [2.45, 2.75) is 51.5 Å². The Hall–Kier alpha value is -3.33. The van der Waals surface area contributed by atoms with Gasteiger partial charge >= 0.3 is 0 Å². The van der Waals surface area contributed by atoms with Gasteiger partial charge in [0.2, 0.25) is 0 Å². The number of carbonyl (C=O) groups is 1. The smallest absolute Gasteiger partial charge is 0.265 e. The molecule has 0 bridgehead atoms. The average molecular weight is 495 g/mol. The Kier molecular flexibility index (Phi) is 5.43. The molecule has 1 saturated heterocycles. The number of fused-ring (bicyclic) bond motifs is 2. The molecule has 2 atom stereocenters. The summed E-state index contributed by atoms with van der Waals surface area (Å²) in [5.41, 5.74) is 3.07. The molecule has 3 N–H and O–H groups in total. The van der Waals surface area contributed by atoms with E-state index >= 15 is 0 Å². The first-order chi connectivity index (χ1) is 16.4. The van der Waals surface area contributed by atoms with Crippen molar-refractivity contribution >= 4 is 38.4 Å². The van der Waals surface area contributed by atoms with Crippen LogP contribution in [0, 0.1) is 17.1 Å². The van der Waals surface area contributed by atoms with Crippen LogP contribution in [0.1, 0.15) is 61.1 Å². The van der Waals surface area contributed by atoms with E-state index in [9.17, 15) is 13.8 Å².